The van der Waals surface area contributed by atoms with E-state index >= 15 is 0 Å². The minimum Gasteiger partial charge on any atom is -0.469 e. The van der Waals surface area contributed by atoms with Gasteiger partial charge in [-0.25, -0.2) is 0 Å². The summed E-state index contributed by atoms with van der Waals surface area (Å²) < 4.78 is 41.2. The highest BCUT2D eigenvalue weighted by Crippen LogP contribution is 2.34. The summed E-state index contributed by atoms with van der Waals surface area (Å²) >= 11 is 0.899. The van der Waals surface area contributed by atoms with E-state index in [2.05, 4.69) is 4.74 Å². The SMILES string of the molecule is COC(=O)Cc1sccc1C(F)(F)F. The zero-order valence-corrected chi connectivity index (χ0v) is 8.04. The number of methoxy groups -OCH3 is 1. The first kappa shape index (κ1) is 11.0. The molecule has 0 unspecified atom stereocenters. The predicted octanol–water partition coefficient (Wildman–Crippen LogP) is 2.48. The first-order chi connectivity index (χ1) is 6.45. The third kappa shape index (κ3) is 2.47. The van der Waals surface area contributed by atoms with Crippen LogP contribution >= 0.6 is 11.3 Å². The Morgan fingerprint density at radius 2 is 2.21 bits per heavy atom. The van der Waals surface area contributed by atoms with Crippen molar-refractivity contribution in [3.05, 3.63) is 21.9 Å². The lowest BCUT2D eigenvalue weighted by molar-refractivity contribution is -0.141. The number of esters is 1. The van der Waals surface area contributed by atoms with Gasteiger partial charge in [0.05, 0.1) is 19.1 Å². The lowest BCUT2D eigenvalue weighted by atomic mass is 10.2. The third-order valence-electron chi connectivity index (χ3n) is 1.58. The van der Waals surface area contributed by atoms with Crippen molar-refractivity contribution in [3.63, 3.8) is 0 Å². The van der Waals surface area contributed by atoms with Crippen molar-refractivity contribution in [2.45, 2.75) is 12.6 Å². The average molecular weight is 224 g/mol. The van der Waals surface area contributed by atoms with Crippen LogP contribution in [0.15, 0.2) is 11.4 Å². The predicted molar refractivity (Wildman–Crippen MR) is 45.0 cm³/mol. The normalized spacial score (nSPS) is 11.4. The van der Waals surface area contributed by atoms with Crippen LogP contribution in [-0.2, 0) is 22.1 Å². The number of ether oxygens (including phenoxy) is 1. The summed E-state index contributed by atoms with van der Waals surface area (Å²) in [5.74, 6) is -0.669. The zero-order valence-electron chi connectivity index (χ0n) is 7.22. The summed E-state index contributed by atoms with van der Waals surface area (Å²) in [5.41, 5.74) is -0.757. The van der Waals surface area contributed by atoms with E-state index in [1.54, 1.807) is 0 Å². The summed E-state index contributed by atoms with van der Waals surface area (Å²) in [6.07, 6.45) is -4.73. The molecule has 2 nitrogen and oxygen atoms in total. The molecule has 0 saturated heterocycles. The number of rotatable bonds is 2. The Hall–Kier alpha value is -1.04. The monoisotopic (exact) mass is 224 g/mol. The highest BCUT2D eigenvalue weighted by atomic mass is 32.1. The van der Waals surface area contributed by atoms with Gasteiger partial charge < -0.3 is 4.74 Å². The lowest BCUT2D eigenvalue weighted by Crippen LogP contribution is -2.10. The maximum absolute atomic E-state index is 12.3. The van der Waals surface area contributed by atoms with Crippen molar-refractivity contribution in [2.75, 3.05) is 7.11 Å². The smallest absolute Gasteiger partial charge is 0.417 e. The van der Waals surface area contributed by atoms with Crippen LogP contribution in [0, 0.1) is 0 Å². The molecule has 0 radical (unpaired) electrons. The first-order valence-electron chi connectivity index (χ1n) is 3.65. The molecule has 0 spiro atoms. The van der Waals surface area contributed by atoms with E-state index < -0.39 is 17.7 Å². The molecule has 0 bridgehead atoms. The van der Waals surface area contributed by atoms with Crippen molar-refractivity contribution in [2.24, 2.45) is 0 Å². The molecular weight excluding hydrogens is 217 g/mol. The van der Waals surface area contributed by atoms with Crippen LogP contribution in [0.5, 0.6) is 0 Å². The number of carbonyl (C=O) groups is 1. The van der Waals surface area contributed by atoms with E-state index in [9.17, 15) is 18.0 Å². The van der Waals surface area contributed by atoms with Crippen LogP contribution in [0.4, 0.5) is 13.2 Å². The maximum atomic E-state index is 12.3. The van der Waals surface area contributed by atoms with Crippen LogP contribution in [0.3, 0.4) is 0 Å². The highest BCUT2D eigenvalue weighted by molar-refractivity contribution is 7.10. The van der Waals surface area contributed by atoms with Gasteiger partial charge in [-0.1, -0.05) is 0 Å². The van der Waals surface area contributed by atoms with Crippen LogP contribution in [0.2, 0.25) is 0 Å². The van der Waals surface area contributed by atoms with Gasteiger partial charge in [0.25, 0.3) is 0 Å². The minimum atomic E-state index is -4.40. The van der Waals surface area contributed by atoms with Crippen LogP contribution in [0.25, 0.3) is 0 Å². The van der Waals surface area contributed by atoms with E-state index in [-0.39, 0.29) is 11.3 Å². The summed E-state index contributed by atoms with van der Waals surface area (Å²) in [6, 6.07) is 0.961. The van der Waals surface area contributed by atoms with Crippen LogP contribution < -0.4 is 0 Å². The summed E-state index contributed by atoms with van der Waals surface area (Å²) in [6.45, 7) is 0. The maximum Gasteiger partial charge on any atom is 0.417 e. The fourth-order valence-corrected chi connectivity index (χ4v) is 1.81. The third-order valence-corrected chi connectivity index (χ3v) is 2.50. The molecule has 0 fully saturated rings. The van der Waals surface area contributed by atoms with Crippen molar-refractivity contribution in [1.82, 2.24) is 0 Å². The molecule has 1 aromatic heterocycles. The molecule has 0 amide bonds. The summed E-state index contributed by atoms with van der Waals surface area (Å²) in [5, 5.41) is 1.31. The number of halogens is 3. The zero-order chi connectivity index (χ0) is 10.8. The molecule has 14 heavy (non-hydrogen) atoms. The Labute approximate surface area is 82.3 Å². The van der Waals surface area contributed by atoms with Crippen LogP contribution in [0.1, 0.15) is 10.4 Å². The van der Waals surface area contributed by atoms with Crippen LogP contribution in [-0.4, -0.2) is 13.1 Å². The van der Waals surface area contributed by atoms with E-state index in [0.29, 0.717) is 0 Å². The Kier molecular flexibility index (Phi) is 3.15. The number of alkyl halides is 3. The molecule has 1 rings (SSSR count). The minimum absolute atomic E-state index is 0.00986. The van der Waals surface area contributed by atoms with Crippen molar-refractivity contribution >= 4 is 17.3 Å². The fraction of sp³-hybridized carbons (Fsp3) is 0.375. The molecule has 0 aliphatic heterocycles. The Balaban J connectivity index is 2.88. The van der Waals surface area contributed by atoms with Gasteiger partial charge in [-0.2, -0.15) is 13.2 Å². The van der Waals surface area contributed by atoms with Gasteiger partial charge in [-0.3, -0.25) is 4.79 Å². The molecular formula is C8H7F3O2S. The highest BCUT2D eigenvalue weighted by Gasteiger charge is 2.34. The first-order valence-corrected chi connectivity index (χ1v) is 4.53. The van der Waals surface area contributed by atoms with Gasteiger partial charge in [0.15, 0.2) is 0 Å². The Morgan fingerprint density at radius 1 is 1.57 bits per heavy atom. The van der Waals surface area contributed by atoms with Gasteiger partial charge in [0, 0.05) is 4.88 Å². The number of hydrogen-bond acceptors (Lipinski definition) is 3. The van der Waals surface area contributed by atoms with E-state index in [0.717, 1.165) is 24.5 Å². The summed E-state index contributed by atoms with van der Waals surface area (Å²) in [4.78, 5) is 10.8. The quantitative estimate of drug-likeness (QED) is 0.721. The Morgan fingerprint density at radius 3 is 2.71 bits per heavy atom. The topological polar surface area (TPSA) is 26.3 Å². The molecule has 0 aliphatic carbocycles. The van der Waals surface area contributed by atoms with E-state index in [1.807, 2.05) is 0 Å². The molecule has 0 aliphatic rings. The summed E-state index contributed by atoms with van der Waals surface area (Å²) in [7, 11) is 1.14. The van der Waals surface area contributed by atoms with Gasteiger partial charge in [0.2, 0.25) is 0 Å². The lowest BCUT2D eigenvalue weighted by Gasteiger charge is -2.06. The van der Waals surface area contributed by atoms with Gasteiger partial charge in [-0.05, 0) is 11.4 Å². The molecule has 0 N–H and O–H groups in total. The second kappa shape index (κ2) is 4.00. The average Bonchev–Trinajstić information content (AvgIpc) is 2.51. The van der Waals surface area contributed by atoms with Gasteiger partial charge in [0.1, 0.15) is 0 Å². The molecule has 0 aromatic carbocycles. The van der Waals surface area contributed by atoms with Crippen molar-refractivity contribution in [3.8, 4) is 0 Å². The molecule has 0 saturated carbocycles. The molecule has 1 aromatic rings. The van der Waals surface area contributed by atoms with Gasteiger partial charge >= 0.3 is 12.1 Å². The number of hydrogen-bond donors (Lipinski definition) is 0. The van der Waals surface area contributed by atoms with Crippen molar-refractivity contribution < 1.29 is 22.7 Å². The number of thiophene rings is 1. The standard InChI is InChI=1S/C8H7F3O2S/c1-13-7(12)4-6-5(2-3-14-6)8(9,10)11/h2-3H,4H2,1H3. The molecule has 1 heterocycles. The second-order valence-corrected chi connectivity index (χ2v) is 3.51. The van der Waals surface area contributed by atoms with E-state index in [1.165, 1.54) is 5.38 Å². The second-order valence-electron chi connectivity index (χ2n) is 2.51. The van der Waals surface area contributed by atoms with Gasteiger partial charge in [-0.15, -0.1) is 11.3 Å². The van der Waals surface area contributed by atoms with E-state index in [4.69, 9.17) is 0 Å². The molecule has 78 valence electrons. The molecule has 0 atom stereocenters. The van der Waals surface area contributed by atoms with Crippen molar-refractivity contribution in [1.29, 1.82) is 0 Å². The fourth-order valence-electron chi connectivity index (χ4n) is 0.933. The number of carbonyl (C=O) groups excluding carboxylic acids is 1. The largest absolute Gasteiger partial charge is 0.469 e. The Bertz CT molecular complexity index is 330. The molecule has 6 heteroatoms.